The SMILES string of the molecule is CCCCCCCCCCOc1ccc(-c2ccc(C(=O)Oc3ccc(SCC(C)CC)cc3)cc2)cc1. The van der Waals surface area contributed by atoms with Gasteiger partial charge in [0.05, 0.1) is 12.2 Å². The molecule has 0 aliphatic heterocycles. The largest absolute Gasteiger partial charge is 0.494 e. The maximum Gasteiger partial charge on any atom is 0.343 e. The lowest BCUT2D eigenvalue weighted by molar-refractivity contribution is 0.0734. The van der Waals surface area contributed by atoms with Gasteiger partial charge in [-0.05, 0) is 72.0 Å². The lowest BCUT2D eigenvalue weighted by atomic mass is 10.0. The molecule has 1 atom stereocenters. The number of unbranched alkanes of at least 4 members (excludes halogenated alkanes) is 7. The number of carbonyl (C=O) groups is 1. The highest BCUT2D eigenvalue weighted by molar-refractivity contribution is 7.99. The van der Waals surface area contributed by atoms with Crippen molar-refractivity contribution in [2.75, 3.05) is 12.4 Å². The Kier molecular flexibility index (Phi) is 13.3. The minimum absolute atomic E-state index is 0.346. The van der Waals surface area contributed by atoms with E-state index in [-0.39, 0.29) is 5.97 Å². The maximum absolute atomic E-state index is 12.6. The number of thioether (sulfide) groups is 1. The summed E-state index contributed by atoms with van der Waals surface area (Å²) in [6, 6.07) is 23.5. The van der Waals surface area contributed by atoms with Crippen molar-refractivity contribution in [2.45, 2.75) is 83.5 Å². The first-order valence-corrected chi connectivity index (χ1v) is 15.4. The monoisotopic (exact) mass is 532 g/mol. The van der Waals surface area contributed by atoms with E-state index in [0.717, 1.165) is 35.7 Å². The Labute approximate surface area is 234 Å². The normalized spacial score (nSPS) is 11.8. The van der Waals surface area contributed by atoms with E-state index < -0.39 is 0 Å². The molecule has 4 heteroatoms. The van der Waals surface area contributed by atoms with Crippen LogP contribution in [0.4, 0.5) is 0 Å². The molecule has 0 spiro atoms. The molecule has 0 bridgehead atoms. The standard InChI is InChI=1S/C34H44O3S/c1-4-6-7-8-9-10-11-12-25-36-31-19-17-29(18-20-31)28-13-15-30(16-14-28)34(35)37-32-21-23-33(24-22-32)38-26-27(3)5-2/h13-24,27H,4-12,25-26H2,1-3H3. The fourth-order valence-corrected chi connectivity index (χ4v) is 5.14. The molecule has 0 fully saturated rings. The van der Waals surface area contributed by atoms with Crippen molar-refractivity contribution < 1.29 is 14.3 Å². The summed E-state index contributed by atoms with van der Waals surface area (Å²) in [5, 5.41) is 0. The first-order chi connectivity index (χ1) is 18.6. The molecule has 204 valence electrons. The van der Waals surface area contributed by atoms with Crippen LogP contribution in [-0.2, 0) is 0 Å². The number of carbonyl (C=O) groups excluding carboxylic acids is 1. The van der Waals surface area contributed by atoms with Gasteiger partial charge in [-0.15, -0.1) is 11.8 Å². The summed E-state index contributed by atoms with van der Waals surface area (Å²) in [6.07, 6.45) is 11.6. The molecule has 0 saturated carbocycles. The van der Waals surface area contributed by atoms with Gasteiger partial charge in [-0.2, -0.15) is 0 Å². The van der Waals surface area contributed by atoms with E-state index in [4.69, 9.17) is 9.47 Å². The lowest BCUT2D eigenvalue weighted by Crippen LogP contribution is -2.08. The van der Waals surface area contributed by atoms with E-state index in [9.17, 15) is 4.79 Å². The Bertz CT molecular complexity index is 1060. The molecule has 3 rings (SSSR count). The number of rotatable bonds is 17. The summed E-state index contributed by atoms with van der Waals surface area (Å²) in [7, 11) is 0. The summed E-state index contributed by atoms with van der Waals surface area (Å²) in [5.74, 6) is 2.91. The van der Waals surface area contributed by atoms with Crippen molar-refractivity contribution in [3.05, 3.63) is 78.4 Å². The third-order valence-electron chi connectivity index (χ3n) is 6.84. The number of benzene rings is 3. The average Bonchev–Trinajstić information content (AvgIpc) is 2.96. The second-order valence-corrected chi connectivity index (χ2v) is 11.2. The lowest BCUT2D eigenvalue weighted by Gasteiger charge is -2.09. The smallest absolute Gasteiger partial charge is 0.343 e. The number of hydrogen-bond donors (Lipinski definition) is 0. The van der Waals surface area contributed by atoms with E-state index in [1.807, 2.05) is 72.4 Å². The molecule has 0 heterocycles. The summed E-state index contributed by atoms with van der Waals surface area (Å²) in [4.78, 5) is 13.8. The second-order valence-electron chi connectivity index (χ2n) is 10.1. The van der Waals surface area contributed by atoms with Crippen molar-refractivity contribution >= 4 is 17.7 Å². The van der Waals surface area contributed by atoms with Crippen molar-refractivity contribution in [3.63, 3.8) is 0 Å². The van der Waals surface area contributed by atoms with E-state index in [0.29, 0.717) is 17.2 Å². The third kappa shape index (κ3) is 10.6. The summed E-state index contributed by atoms with van der Waals surface area (Å²) < 4.78 is 11.5. The Morgan fingerprint density at radius 3 is 1.87 bits per heavy atom. The van der Waals surface area contributed by atoms with E-state index in [2.05, 4.69) is 32.9 Å². The molecule has 3 aromatic carbocycles. The van der Waals surface area contributed by atoms with Gasteiger partial charge in [0, 0.05) is 10.6 Å². The third-order valence-corrected chi connectivity index (χ3v) is 8.18. The number of esters is 1. The molecule has 0 aliphatic rings. The van der Waals surface area contributed by atoms with Gasteiger partial charge in [-0.1, -0.05) is 96.4 Å². The van der Waals surface area contributed by atoms with Gasteiger partial charge in [0.15, 0.2) is 0 Å². The van der Waals surface area contributed by atoms with Crippen LogP contribution in [0.3, 0.4) is 0 Å². The van der Waals surface area contributed by atoms with Crippen molar-refractivity contribution in [1.29, 1.82) is 0 Å². The van der Waals surface area contributed by atoms with Crippen LogP contribution in [0.25, 0.3) is 11.1 Å². The maximum atomic E-state index is 12.6. The summed E-state index contributed by atoms with van der Waals surface area (Å²) in [5.41, 5.74) is 2.68. The molecule has 0 N–H and O–H groups in total. The van der Waals surface area contributed by atoms with Crippen LogP contribution >= 0.6 is 11.8 Å². The van der Waals surface area contributed by atoms with Crippen LogP contribution in [0.15, 0.2) is 77.7 Å². The Balaban J connectivity index is 1.41. The number of ether oxygens (including phenoxy) is 2. The van der Waals surface area contributed by atoms with Crippen LogP contribution in [0.5, 0.6) is 11.5 Å². The fraction of sp³-hybridized carbons (Fsp3) is 0.441. The predicted molar refractivity (Wildman–Crippen MR) is 162 cm³/mol. The molecule has 0 saturated heterocycles. The Hall–Kier alpha value is -2.72. The van der Waals surface area contributed by atoms with E-state index >= 15 is 0 Å². The van der Waals surface area contributed by atoms with Gasteiger partial charge in [-0.3, -0.25) is 0 Å². The van der Waals surface area contributed by atoms with Gasteiger partial charge < -0.3 is 9.47 Å². The van der Waals surface area contributed by atoms with Crippen molar-refractivity contribution in [3.8, 4) is 22.6 Å². The average molecular weight is 533 g/mol. The van der Waals surface area contributed by atoms with Gasteiger partial charge in [0.1, 0.15) is 11.5 Å². The van der Waals surface area contributed by atoms with E-state index in [1.165, 1.54) is 56.3 Å². The molecule has 0 amide bonds. The molecular weight excluding hydrogens is 488 g/mol. The topological polar surface area (TPSA) is 35.5 Å². The highest BCUT2D eigenvalue weighted by atomic mass is 32.2. The zero-order valence-electron chi connectivity index (χ0n) is 23.4. The van der Waals surface area contributed by atoms with Crippen LogP contribution in [-0.4, -0.2) is 18.3 Å². The molecule has 0 aliphatic carbocycles. The summed E-state index contributed by atoms with van der Waals surface area (Å²) >= 11 is 1.84. The van der Waals surface area contributed by atoms with Crippen LogP contribution < -0.4 is 9.47 Å². The molecule has 1 unspecified atom stereocenters. The second kappa shape index (κ2) is 17.0. The molecule has 38 heavy (non-hydrogen) atoms. The highest BCUT2D eigenvalue weighted by Gasteiger charge is 2.10. The molecule has 0 radical (unpaired) electrons. The zero-order valence-corrected chi connectivity index (χ0v) is 24.2. The molecule has 0 aromatic heterocycles. The molecule has 3 nitrogen and oxygen atoms in total. The quantitative estimate of drug-likeness (QED) is 0.0750. The summed E-state index contributed by atoms with van der Waals surface area (Å²) in [6.45, 7) is 7.50. The minimum Gasteiger partial charge on any atom is -0.494 e. The molecular formula is C34H44O3S. The van der Waals surface area contributed by atoms with Crippen molar-refractivity contribution in [1.82, 2.24) is 0 Å². The van der Waals surface area contributed by atoms with Gasteiger partial charge in [0.2, 0.25) is 0 Å². The zero-order chi connectivity index (χ0) is 27.0. The minimum atomic E-state index is -0.346. The van der Waals surface area contributed by atoms with Crippen LogP contribution in [0.2, 0.25) is 0 Å². The van der Waals surface area contributed by atoms with Crippen LogP contribution in [0.1, 0.15) is 88.9 Å². The van der Waals surface area contributed by atoms with E-state index in [1.54, 1.807) is 0 Å². The predicted octanol–water partition coefficient (Wildman–Crippen LogP) is 10.2. The highest BCUT2D eigenvalue weighted by Crippen LogP contribution is 2.26. The molecule has 3 aromatic rings. The Morgan fingerprint density at radius 2 is 1.26 bits per heavy atom. The number of hydrogen-bond acceptors (Lipinski definition) is 4. The van der Waals surface area contributed by atoms with Gasteiger partial charge >= 0.3 is 5.97 Å². The fourth-order valence-electron chi connectivity index (χ4n) is 4.09. The van der Waals surface area contributed by atoms with Crippen molar-refractivity contribution in [2.24, 2.45) is 5.92 Å². The Morgan fingerprint density at radius 1 is 0.711 bits per heavy atom. The first-order valence-electron chi connectivity index (χ1n) is 14.4. The van der Waals surface area contributed by atoms with Gasteiger partial charge in [0.25, 0.3) is 0 Å². The first kappa shape index (κ1) is 29.8. The van der Waals surface area contributed by atoms with Gasteiger partial charge in [-0.25, -0.2) is 4.79 Å². The van der Waals surface area contributed by atoms with Crippen LogP contribution in [0, 0.1) is 5.92 Å².